The van der Waals surface area contributed by atoms with Gasteiger partial charge in [0, 0.05) is 4.90 Å². The minimum absolute atomic E-state index is 0.0121. The van der Waals surface area contributed by atoms with Gasteiger partial charge in [-0.15, -0.1) is 0 Å². The number of hydrazine groups is 1. The quantitative estimate of drug-likeness (QED) is 0.240. The van der Waals surface area contributed by atoms with Gasteiger partial charge in [0.05, 0.1) is 5.56 Å². The van der Waals surface area contributed by atoms with Gasteiger partial charge in [0.15, 0.2) is 0 Å². The summed E-state index contributed by atoms with van der Waals surface area (Å²) in [5.41, 5.74) is 5.75. The number of aryl methyl sites for hydroxylation is 1. The fourth-order valence-corrected chi connectivity index (χ4v) is 3.88. The third-order valence-electron chi connectivity index (χ3n) is 4.99. The summed E-state index contributed by atoms with van der Waals surface area (Å²) < 4.78 is 20.5. The van der Waals surface area contributed by atoms with Crippen molar-refractivity contribution in [2.24, 2.45) is 0 Å². The molecule has 0 aromatic heterocycles. The topological polar surface area (TPSA) is 50.4 Å². The lowest BCUT2D eigenvalue weighted by Crippen LogP contribution is -2.33. The smallest absolute Gasteiger partial charge is 0.269 e. The third kappa shape index (κ3) is 6.00. The maximum Gasteiger partial charge on any atom is 0.269 e. The molecule has 4 rings (SSSR count). The number of rotatable bonds is 8. The van der Waals surface area contributed by atoms with E-state index in [2.05, 4.69) is 10.3 Å². The van der Waals surface area contributed by atoms with Crippen molar-refractivity contribution >= 4 is 17.9 Å². The number of benzene rings is 4. The van der Waals surface area contributed by atoms with E-state index in [0.29, 0.717) is 17.9 Å². The van der Waals surface area contributed by atoms with Crippen LogP contribution in [-0.2, 0) is 6.61 Å². The van der Waals surface area contributed by atoms with E-state index in [1.165, 1.54) is 11.9 Å². The molecule has 0 bridgehead atoms. The Morgan fingerprint density at radius 1 is 0.879 bits per heavy atom. The fourth-order valence-electron chi connectivity index (χ4n) is 3.30. The molecule has 0 radical (unpaired) electrons. The van der Waals surface area contributed by atoms with E-state index < -0.39 is 11.7 Å². The summed E-state index contributed by atoms with van der Waals surface area (Å²) in [4.78, 5) is 16.3. The summed E-state index contributed by atoms with van der Waals surface area (Å²) in [6.45, 7) is 2.12. The van der Waals surface area contributed by atoms with Gasteiger partial charge in [0.2, 0.25) is 0 Å². The van der Waals surface area contributed by atoms with Crippen LogP contribution in [0.1, 0.15) is 21.5 Å². The van der Waals surface area contributed by atoms with Gasteiger partial charge in [0.1, 0.15) is 18.2 Å². The Hall–Kier alpha value is -3.61. The lowest BCUT2D eigenvalue weighted by atomic mass is 9.99. The van der Waals surface area contributed by atoms with E-state index >= 15 is 0 Å². The van der Waals surface area contributed by atoms with Crippen LogP contribution in [0.4, 0.5) is 4.39 Å². The Balaban J connectivity index is 1.37. The second-order valence-corrected chi connectivity index (χ2v) is 8.31. The van der Waals surface area contributed by atoms with Crippen molar-refractivity contribution in [1.29, 1.82) is 0 Å². The van der Waals surface area contributed by atoms with Crippen molar-refractivity contribution in [3.05, 3.63) is 120 Å². The van der Waals surface area contributed by atoms with Gasteiger partial charge >= 0.3 is 0 Å². The van der Waals surface area contributed by atoms with Crippen molar-refractivity contribution in [3.63, 3.8) is 0 Å². The summed E-state index contributed by atoms with van der Waals surface area (Å²) in [5.74, 6) is -0.359. The zero-order valence-corrected chi connectivity index (χ0v) is 18.9. The van der Waals surface area contributed by atoms with E-state index in [9.17, 15) is 9.18 Å². The van der Waals surface area contributed by atoms with Crippen LogP contribution < -0.4 is 15.0 Å². The van der Waals surface area contributed by atoms with Crippen molar-refractivity contribution in [3.8, 4) is 16.9 Å². The van der Waals surface area contributed by atoms with Gasteiger partial charge < -0.3 is 4.74 Å². The molecule has 0 aliphatic rings. The minimum Gasteiger partial charge on any atom is -0.489 e. The first kappa shape index (κ1) is 22.6. The summed E-state index contributed by atoms with van der Waals surface area (Å²) in [6, 6.07) is 30.3. The molecule has 1 amide bonds. The van der Waals surface area contributed by atoms with Gasteiger partial charge in [-0.1, -0.05) is 66.7 Å². The number of hydrogen-bond donors (Lipinski definition) is 2. The first-order valence-corrected chi connectivity index (χ1v) is 11.3. The highest BCUT2D eigenvalue weighted by atomic mass is 32.2. The van der Waals surface area contributed by atoms with Crippen molar-refractivity contribution < 1.29 is 13.9 Å². The molecular formula is C27H23FN2O2S. The number of carbonyl (C=O) groups is 1. The molecule has 6 heteroatoms. The van der Waals surface area contributed by atoms with Crippen LogP contribution >= 0.6 is 11.9 Å². The monoisotopic (exact) mass is 458 g/mol. The molecule has 0 saturated heterocycles. The van der Waals surface area contributed by atoms with E-state index in [4.69, 9.17) is 4.74 Å². The van der Waals surface area contributed by atoms with Crippen LogP contribution in [-0.4, -0.2) is 5.91 Å². The van der Waals surface area contributed by atoms with Crippen LogP contribution in [0.2, 0.25) is 0 Å². The van der Waals surface area contributed by atoms with E-state index in [1.54, 1.807) is 19.1 Å². The molecule has 0 aliphatic heterocycles. The number of hydrogen-bond acceptors (Lipinski definition) is 4. The average Bonchev–Trinajstić information content (AvgIpc) is 2.85. The lowest BCUT2D eigenvalue weighted by molar-refractivity contribution is 0.0943. The van der Waals surface area contributed by atoms with Gasteiger partial charge in [-0.2, -0.15) is 4.83 Å². The molecular weight excluding hydrogens is 435 g/mol. The van der Waals surface area contributed by atoms with Crippen LogP contribution in [0.15, 0.2) is 102 Å². The standard InChI is InChI=1S/C27H23FN2O2S/c1-19-15-22(21-11-6-3-7-12-21)16-25(26(19)28)27(31)29-30-33-24-14-8-13-23(17-24)32-18-20-9-4-2-5-10-20/h2-17,30H,18H2,1H3,(H,29,31). The summed E-state index contributed by atoms with van der Waals surface area (Å²) in [6.07, 6.45) is 0. The highest BCUT2D eigenvalue weighted by molar-refractivity contribution is 7.97. The molecule has 166 valence electrons. The first-order valence-electron chi connectivity index (χ1n) is 10.4. The van der Waals surface area contributed by atoms with Gasteiger partial charge in [-0.25, -0.2) is 4.39 Å². The molecule has 33 heavy (non-hydrogen) atoms. The second kappa shape index (κ2) is 10.8. The average molecular weight is 459 g/mol. The summed E-state index contributed by atoms with van der Waals surface area (Å²) >= 11 is 1.21. The lowest BCUT2D eigenvalue weighted by Gasteiger charge is -2.12. The first-order chi connectivity index (χ1) is 16.1. The van der Waals surface area contributed by atoms with Gasteiger partial charge in [-0.05, 0) is 71.5 Å². The zero-order valence-electron chi connectivity index (χ0n) is 18.0. The van der Waals surface area contributed by atoms with Crippen LogP contribution in [0.3, 0.4) is 0 Å². The number of carbonyl (C=O) groups excluding carboxylic acids is 1. The van der Waals surface area contributed by atoms with Gasteiger partial charge in [0.25, 0.3) is 5.91 Å². The molecule has 0 atom stereocenters. The molecule has 0 unspecified atom stereocenters. The van der Waals surface area contributed by atoms with Crippen LogP contribution in [0.25, 0.3) is 11.1 Å². The number of nitrogens with one attached hydrogen (secondary N) is 2. The number of ether oxygens (including phenoxy) is 1. The number of amides is 1. The maximum absolute atomic E-state index is 14.7. The van der Waals surface area contributed by atoms with E-state index in [0.717, 1.165) is 21.6 Å². The van der Waals surface area contributed by atoms with Gasteiger partial charge in [-0.3, -0.25) is 10.2 Å². The third-order valence-corrected chi connectivity index (χ3v) is 5.69. The molecule has 0 fully saturated rings. The summed E-state index contributed by atoms with van der Waals surface area (Å²) in [7, 11) is 0. The molecule has 0 aliphatic carbocycles. The molecule has 4 aromatic carbocycles. The highest BCUT2D eigenvalue weighted by Crippen LogP contribution is 2.25. The Kier molecular flexibility index (Phi) is 7.40. The van der Waals surface area contributed by atoms with Crippen molar-refractivity contribution in [2.45, 2.75) is 18.4 Å². The minimum atomic E-state index is -0.544. The number of halogens is 1. The largest absolute Gasteiger partial charge is 0.489 e. The van der Waals surface area contributed by atoms with Crippen LogP contribution in [0.5, 0.6) is 5.75 Å². The maximum atomic E-state index is 14.7. The normalized spacial score (nSPS) is 10.6. The van der Waals surface area contributed by atoms with Crippen LogP contribution in [0, 0.1) is 12.7 Å². The molecule has 4 aromatic rings. The Bertz CT molecular complexity index is 1230. The molecule has 0 saturated carbocycles. The second-order valence-electron chi connectivity index (χ2n) is 7.43. The Morgan fingerprint density at radius 3 is 2.36 bits per heavy atom. The molecule has 2 N–H and O–H groups in total. The van der Waals surface area contributed by atoms with Crippen molar-refractivity contribution in [1.82, 2.24) is 10.3 Å². The van der Waals surface area contributed by atoms with E-state index in [1.807, 2.05) is 84.9 Å². The molecule has 0 heterocycles. The van der Waals surface area contributed by atoms with Crippen molar-refractivity contribution in [2.75, 3.05) is 0 Å². The molecule has 0 spiro atoms. The predicted molar refractivity (Wildman–Crippen MR) is 130 cm³/mol. The SMILES string of the molecule is Cc1cc(-c2ccccc2)cc(C(=O)NNSc2cccc(OCc3ccccc3)c2)c1F. The zero-order chi connectivity index (χ0) is 23.0. The summed E-state index contributed by atoms with van der Waals surface area (Å²) in [5, 5.41) is 0. The predicted octanol–water partition coefficient (Wildman–Crippen LogP) is 6.32. The Morgan fingerprint density at radius 2 is 1.61 bits per heavy atom. The molecule has 4 nitrogen and oxygen atoms in total. The highest BCUT2D eigenvalue weighted by Gasteiger charge is 2.16. The fraction of sp³-hybridized carbons (Fsp3) is 0.0741. The Labute approximate surface area is 196 Å². The van der Waals surface area contributed by atoms with E-state index in [-0.39, 0.29) is 5.56 Å².